The van der Waals surface area contributed by atoms with Crippen LogP contribution in [0, 0.1) is 25.6 Å². The summed E-state index contributed by atoms with van der Waals surface area (Å²) in [6.45, 7) is 7.85. The zero-order valence-corrected chi connectivity index (χ0v) is 40.2. The Morgan fingerprint density at radius 3 is 2.35 bits per heavy atom. The lowest BCUT2D eigenvalue weighted by Crippen LogP contribution is -2.49. The summed E-state index contributed by atoms with van der Waals surface area (Å²) in [5, 5.41) is 21.2. The molecule has 0 amide bonds. The topological polar surface area (TPSA) is 170 Å². The SMILES string of the molecule is Cc1c(Cl)c2c(Cl)c(C)c1-c1c(-c3ccc(F)cc3)sc3ncnc(c13)O[C@@H](C(=O)O)Cc1cc(ccc1OCc1ccnc(C3CCC(CC(=O)O)CC3)n1)OC[C@@H](CN1CCN(C)CC1)O2. The zero-order chi connectivity index (χ0) is 47.6. The van der Waals surface area contributed by atoms with E-state index in [0.29, 0.717) is 83.8 Å². The highest BCUT2D eigenvalue weighted by Crippen LogP contribution is 2.53. The fourth-order valence-electron chi connectivity index (χ4n) is 9.43. The van der Waals surface area contributed by atoms with Crippen LogP contribution in [-0.2, 0) is 22.6 Å². The lowest BCUT2D eigenvalue weighted by atomic mass is 9.80. The van der Waals surface area contributed by atoms with Crippen molar-refractivity contribution in [3.8, 4) is 44.7 Å². The van der Waals surface area contributed by atoms with Crippen molar-refractivity contribution in [1.82, 2.24) is 29.7 Å². The number of hydrogen-bond donors (Lipinski definition) is 2. The number of thiophene rings is 1. The quantitative estimate of drug-likeness (QED) is 0.133. The molecule has 356 valence electrons. The number of aliphatic carboxylic acids is 2. The first-order valence-corrected chi connectivity index (χ1v) is 24.3. The van der Waals surface area contributed by atoms with E-state index in [4.69, 9.17) is 47.1 Å². The van der Waals surface area contributed by atoms with Crippen molar-refractivity contribution in [2.45, 2.75) is 77.1 Å². The molecule has 0 radical (unpaired) electrons. The first-order valence-electron chi connectivity index (χ1n) is 22.7. The molecule has 10 rings (SSSR count). The molecule has 1 saturated carbocycles. The van der Waals surface area contributed by atoms with E-state index in [2.05, 4.69) is 31.8 Å². The van der Waals surface area contributed by atoms with Gasteiger partial charge in [-0.25, -0.2) is 29.1 Å². The Bertz CT molecular complexity index is 2810. The summed E-state index contributed by atoms with van der Waals surface area (Å²) in [4.78, 5) is 49.0. The average Bonchev–Trinajstić information content (AvgIpc) is 3.71. The van der Waals surface area contributed by atoms with E-state index in [1.54, 1.807) is 42.6 Å². The molecule has 68 heavy (non-hydrogen) atoms. The number of benzene rings is 3. The van der Waals surface area contributed by atoms with Crippen molar-refractivity contribution in [2.24, 2.45) is 5.92 Å². The number of likely N-dealkylation sites (N-methyl/N-ethyl adjacent to an activating group) is 1. The van der Waals surface area contributed by atoms with Gasteiger partial charge in [-0.15, -0.1) is 11.3 Å². The summed E-state index contributed by atoms with van der Waals surface area (Å²) in [5.74, 6) is -0.307. The second kappa shape index (κ2) is 20.5. The maximum atomic E-state index is 14.4. The summed E-state index contributed by atoms with van der Waals surface area (Å²) in [5.41, 5.74) is 4.36. The molecule has 2 N–H and O–H groups in total. The Balaban J connectivity index is 1.12. The minimum absolute atomic E-state index is 0.0188. The van der Waals surface area contributed by atoms with Crippen molar-refractivity contribution in [3.05, 3.63) is 105 Å². The number of carboxylic acid groups (broad SMARTS) is 2. The molecular formula is C50H51Cl2FN6O8S. The van der Waals surface area contributed by atoms with Crippen LogP contribution in [0.25, 0.3) is 31.8 Å². The number of carbonyl (C=O) groups is 2. The third-order valence-electron chi connectivity index (χ3n) is 13.1. The highest BCUT2D eigenvalue weighted by molar-refractivity contribution is 7.22. The zero-order valence-electron chi connectivity index (χ0n) is 37.8. The number of nitrogens with zero attached hydrogens (tertiary/aromatic N) is 6. The summed E-state index contributed by atoms with van der Waals surface area (Å²) < 4.78 is 40.7. The second-order valence-electron chi connectivity index (χ2n) is 17.8. The lowest BCUT2D eigenvalue weighted by molar-refractivity contribution is -0.145. The van der Waals surface area contributed by atoms with E-state index in [9.17, 15) is 24.2 Å². The van der Waals surface area contributed by atoms with Crippen molar-refractivity contribution < 1.29 is 43.1 Å². The predicted molar refractivity (Wildman–Crippen MR) is 257 cm³/mol. The summed E-state index contributed by atoms with van der Waals surface area (Å²) in [6, 6.07) is 13.1. The van der Waals surface area contributed by atoms with Crippen LogP contribution in [0.2, 0.25) is 10.0 Å². The van der Waals surface area contributed by atoms with Gasteiger partial charge in [-0.2, -0.15) is 0 Å². The number of halogens is 3. The number of aromatic nitrogens is 4. The molecule has 3 aromatic heterocycles. The van der Waals surface area contributed by atoms with Crippen LogP contribution >= 0.6 is 34.5 Å². The van der Waals surface area contributed by atoms with Crippen molar-refractivity contribution >= 4 is 56.7 Å². The number of rotatable bonds is 10. The van der Waals surface area contributed by atoms with E-state index in [0.717, 1.165) is 51.9 Å². The Labute approximate surface area is 407 Å². The molecule has 1 saturated heterocycles. The Hall–Kier alpha value is -5.65. The van der Waals surface area contributed by atoms with Gasteiger partial charge in [0.25, 0.3) is 0 Å². The normalized spacial score (nSPS) is 20.3. The van der Waals surface area contributed by atoms with Gasteiger partial charge in [-0.3, -0.25) is 9.69 Å². The van der Waals surface area contributed by atoms with E-state index in [1.807, 2.05) is 13.8 Å². The van der Waals surface area contributed by atoms with E-state index < -0.39 is 30.0 Å². The third-order valence-corrected chi connectivity index (χ3v) is 15.2. The van der Waals surface area contributed by atoms with Crippen LogP contribution in [0.15, 0.2) is 61.1 Å². The molecule has 2 fully saturated rings. The molecule has 6 heterocycles. The Morgan fingerprint density at radius 2 is 1.65 bits per heavy atom. The van der Waals surface area contributed by atoms with Gasteiger partial charge in [-0.05, 0) is 111 Å². The monoisotopic (exact) mass is 984 g/mol. The van der Waals surface area contributed by atoms with Crippen molar-refractivity contribution in [1.29, 1.82) is 0 Å². The smallest absolute Gasteiger partial charge is 0.345 e. The fourth-order valence-corrected chi connectivity index (χ4v) is 11.1. The van der Waals surface area contributed by atoms with Crippen molar-refractivity contribution in [2.75, 3.05) is 46.4 Å². The minimum Gasteiger partial charge on any atom is -0.490 e. The standard InChI is InChI=1S/C50H51Cl2FN6O8S/c1-27-40-28(2)44(52)45(43(27)51)66-36(23-59-18-16-58(3)17-19-59)25-64-35-12-13-37(65-24-34-14-15-54-47(57-34)31-6-4-29(5-7-31)20-39(60)61)32(21-35)22-38(50(62)63)67-48-42-41(40)46(68-49(42)56-26-55-48)30-8-10-33(53)11-9-30/h8-15,21,26,29,31,36,38H,4-7,16-20,22-25H2,1-3H3,(H,60,61)(H,62,63)/t29?,31?,36-,38-/m1/s1. The van der Waals surface area contributed by atoms with E-state index in [1.165, 1.54) is 29.8 Å². The first kappa shape index (κ1) is 47.4. The van der Waals surface area contributed by atoms with Gasteiger partial charge in [0.05, 0.1) is 21.1 Å². The summed E-state index contributed by atoms with van der Waals surface area (Å²) in [6.07, 6.45) is 4.22. The highest BCUT2D eigenvalue weighted by Gasteiger charge is 2.33. The molecular weight excluding hydrogens is 935 g/mol. The van der Waals surface area contributed by atoms with Gasteiger partial charge in [0.2, 0.25) is 12.0 Å². The molecule has 3 aromatic carbocycles. The van der Waals surface area contributed by atoms with Gasteiger partial charge in [0.1, 0.15) is 53.6 Å². The molecule has 14 nitrogen and oxygen atoms in total. The van der Waals surface area contributed by atoms with Gasteiger partial charge in [-0.1, -0.05) is 35.3 Å². The third kappa shape index (κ3) is 10.3. The molecule has 18 heteroatoms. The number of piperazine rings is 1. The molecule has 3 aliphatic heterocycles. The van der Waals surface area contributed by atoms with Crippen molar-refractivity contribution in [3.63, 3.8) is 0 Å². The number of fused-ring (bicyclic) bond motifs is 7. The lowest BCUT2D eigenvalue weighted by Gasteiger charge is -2.35. The molecule has 0 spiro atoms. The fraction of sp³-hybridized carbons (Fsp3) is 0.400. The Kier molecular flexibility index (Phi) is 14.3. The van der Waals surface area contributed by atoms with Crippen LogP contribution in [0.3, 0.4) is 0 Å². The first-order chi connectivity index (χ1) is 32.8. The van der Waals surface area contributed by atoms with Gasteiger partial charge >= 0.3 is 11.9 Å². The van der Waals surface area contributed by atoms with Gasteiger partial charge in [0.15, 0.2) is 5.75 Å². The molecule has 6 aromatic rings. The number of ether oxygens (including phenoxy) is 4. The summed E-state index contributed by atoms with van der Waals surface area (Å²) >= 11 is 16.0. The molecule has 1 aliphatic carbocycles. The highest BCUT2D eigenvalue weighted by atomic mass is 35.5. The predicted octanol–water partition coefficient (Wildman–Crippen LogP) is 9.67. The van der Waals surface area contributed by atoms with Crippen LogP contribution in [0.1, 0.15) is 66.2 Å². The van der Waals surface area contributed by atoms with Gasteiger partial charge in [0, 0.05) is 73.7 Å². The van der Waals surface area contributed by atoms with Gasteiger partial charge < -0.3 is 34.1 Å². The summed E-state index contributed by atoms with van der Waals surface area (Å²) in [7, 11) is 2.10. The average molecular weight is 986 g/mol. The second-order valence-corrected chi connectivity index (χ2v) is 19.6. The van der Waals surface area contributed by atoms with Crippen LogP contribution < -0.4 is 18.9 Å². The molecule has 0 unspecified atom stereocenters. The van der Waals surface area contributed by atoms with Crippen LogP contribution in [0.5, 0.6) is 23.1 Å². The van der Waals surface area contributed by atoms with E-state index >= 15 is 0 Å². The molecule has 4 aliphatic rings. The number of carboxylic acids is 2. The van der Waals surface area contributed by atoms with Crippen LogP contribution in [0.4, 0.5) is 4.39 Å². The molecule has 2 atom stereocenters. The van der Waals surface area contributed by atoms with Crippen LogP contribution in [-0.4, -0.2) is 110 Å². The maximum Gasteiger partial charge on any atom is 0.345 e. The molecule has 4 bridgehead atoms. The maximum absolute atomic E-state index is 14.4. The largest absolute Gasteiger partial charge is 0.490 e. The number of hydrogen-bond acceptors (Lipinski definition) is 13. The minimum atomic E-state index is -1.48. The van der Waals surface area contributed by atoms with E-state index in [-0.39, 0.29) is 53.8 Å². The Morgan fingerprint density at radius 1 is 0.912 bits per heavy atom.